The number of hydrogen-bond donors (Lipinski definition) is 2. The lowest BCUT2D eigenvalue weighted by Gasteiger charge is -2.07. The van der Waals surface area contributed by atoms with Crippen molar-refractivity contribution in [1.82, 2.24) is 10.2 Å². The molecule has 1 aromatic heterocycles. The Kier molecular flexibility index (Phi) is 3.75. The van der Waals surface area contributed by atoms with E-state index in [1.165, 1.54) is 6.07 Å². The predicted molar refractivity (Wildman–Crippen MR) is 65.3 cm³/mol. The first-order valence-electron chi connectivity index (χ1n) is 5.31. The Morgan fingerprint density at radius 2 is 2.12 bits per heavy atom. The van der Waals surface area contributed by atoms with Gasteiger partial charge in [-0.2, -0.15) is 5.10 Å². The van der Waals surface area contributed by atoms with Gasteiger partial charge in [-0.15, -0.1) is 0 Å². The molecule has 0 spiro atoms. The zero-order valence-corrected chi connectivity index (χ0v) is 9.22. The highest BCUT2D eigenvalue weighted by Gasteiger charge is 1.94. The van der Waals surface area contributed by atoms with E-state index in [1.807, 2.05) is 30.3 Å². The van der Waals surface area contributed by atoms with Crippen LogP contribution >= 0.6 is 0 Å². The highest BCUT2D eigenvalue weighted by molar-refractivity contribution is 5.38. The normalized spacial score (nSPS) is 9.88. The molecule has 2 aromatic rings. The van der Waals surface area contributed by atoms with E-state index in [1.54, 1.807) is 6.20 Å². The van der Waals surface area contributed by atoms with Crippen molar-refractivity contribution in [1.29, 1.82) is 0 Å². The van der Waals surface area contributed by atoms with E-state index in [-0.39, 0.29) is 5.56 Å². The van der Waals surface area contributed by atoms with Crippen molar-refractivity contribution in [2.24, 2.45) is 0 Å². The number of anilines is 1. The van der Waals surface area contributed by atoms with Crippen LogP contribution in [0, 0.1) is 0 Å². The molecule has 0 saturated heterocycles. The summed E-state index contributed by atoms with van der Waals surface area (Å²) < 4.78 is 5.49. The van der Waals surface area contributed by atoms with Gasteiger partial charge in [-0.25, -0.2) is 5.10 Å². The quantitative estimate of drug-likeness (QED) is 0.760. The third-order valence-electron chi connectivity index (χ3n) is 2.11. The molecule has 0 saturated carbocycles. The lowest BCUT2D eigenvalue weighted by atomic mass is 10.3. The van der Waals surface area contributed by atoms with Gasteiger partial charge in [-0.1, -0.05) is 18.2 Å². The third kappa shape index (κ3) is 3.64. The molecule has 1 heterocycles. The first-order chi connectivity index (χ1) is 8.34. The molecule has 0 aliphatic rings. The summed E-state index contributed by atoms with van der Waals surface area (Å²) in [4.78, 5) is 11.0. The maximum absolute atomic E-state index is 11.0. The molecule has 2 rings (SSSR count). The molecule has 88 valence electrons. The summed E-state index contributed by atoms with van der Waals surface area (Å²) in [6.45, 7) is 1.14. The maximum Gasteiger partial charge on any atom is 0.266 e. The van der Waals surface area contributed by atoms with E-state index >= 15 is 0 Å². The van der Waals surface area contributed by atoms with Crippen LogP contribution in [0.2, 0.25) is 0 Å². The van der Waals surface area contributed by atoms with Crippen LogP contribution in [0.3, 0.4) is 0 Å². The number of rotatable bonds is 5. The topological polar surface area (TPSA) is 67.0 Å². The molecule has 0 bridgehead atoms. The second kappa shape index (κ2) is 5.69. The smallest absolute Gasteiger partial charge is 0.266 e. The molecule has 0 aliphatic heterocycles. The Morgan fingerprint density at radius 1 is 1.29 bits per heavy atom. The van der Waals surface area contributed by atoms with Crippen molar-refractivity contribution in [2.45, 2.75) is 0 Å². The van der Waals surface area contributed by atoms with E-state index in [2.05, 4.69) is 15.5 Å². The first kappa shape index (κ1) is 11.2. The minimum atomic E-state index is -0.223. The molecule has 5 heteroatoms. The van der Waals surface area contributed by atoms with Gasteiger partial charge in [0.15, 0.2) is 0 Å². The van der Waals surface area contributed by atoms with Gasteiger partial charge < -0.3 is 10.1 Å². The van der Waals surface area contributed by atoms with Crippen LogP contribution in [0.5, 0.6) is 5.75 Å². The number of benzene rings is 1. The average molecular weight is 231 g/mol. The third-order valence-corrected chi connectivity index (χ3v) is 2.11. The van der Waals surface area contributed by atoms with Crippen molar-refractivity contribution in [3.63, 3.8) is 0 Å². The molecule has 5 nitrogen and oxygen atoms in total. The summed E-state index contributed by atoms with van der Waals surface area (Å²) in [7, 11) is 0. The lowest BCUT2D eigenvalue weighted by molar-refractivity contribution is 0.333. The number of hydrogen-bond acceptors (Lipinski definition) is 4. The van der Waals surface area contributed by atoms with Crippen molar-refractivity contribution >= 4 is 5.69 Å². The number of aromatic amines is 1. The van der Waals surface area contributed by atoms with Gasteiger partial charge in [-0.05, 0) is 12.1 Å². The predicted octanol–water partition coefficient (Wildman–Crippen LogP) is 1.26. The van der Waals surface area contributed by atoms with Gasteiger partial charge in [0, 0.05) is 12.6 Å². The molecule has 2 N–H and O–H groups in total. The van der Waals surface area contributed by atoms with Crippen molar-refractivity contribution < 1.29 is 4.74 Å². The van der Waals surface area contributed by atoms with E-state index in [9.17, 15) is 4.79 Å². The Balaban J connectivity index is 1.75. The molecule has 1 aromatic carbocycles. The Morgan fingerprint density at radius 3 is 2.88 bits per heavy atom. The van der Waals surface area contributed by atoms with E-state index < -0.39 is 0 Å². The number of aromatic nitrogens is 2. The van der Waals surface area contributed by atoms with Crippen LogP contribution in [-0.4, -0.2) is 23.3 Å². The second-order valence-corrected chi connectivity index (χ2v) is 3.42. The summed E-state index contributed by atoms with van der Waals surface area (Å²) in [6, 6.07) is 11.0. The summed E-state index contributed by atoms with van der Waals surface area (Å²) >= 11 is 0. The second-order valence-electron chi connectivity index (χ2n) is 3.42. The van der Waals surface area contributed by atoms with Crippen molar-refractivity contribution in [3.05, 3.63) is 52.9 Å². The van der Waals surface area contributed by atoms with Crippen LogP contribution in [0.4, 0.5) is 5.69 Å². The zero-order chi connectivity index (χ0) is 11.9. The van der Waals surface area contributed by atoms with Crippen LogP contribution in [-0.2, 0) is 0 Å². The summed E-state index contributed by atoms with van der Waals surface area (Å²) in [6.07, 6.45) is 1.56. The minimum absolute atomic E-state index is 0.223. The monoisotopic (exact) mass is 231 g/mol. The van der Waals surface area contributed by atoms with Gasteiger partial charge in [0.1, 0.15) is 12.4 Å². The largest absolute Gasteiger partial charge is 0.492 e. The summed E-state index contributed by atoms with van der Waals surface area (Å²) in [5.41, 5.74) is 0.462. The number of nitrogens with zero attached hydrogens (tertiary/aromatic N) is 1. The van der Waals surface area contributed by atoms with Gasteiger partial charge >= 0.3 is 0 Å². The van der Waals surface area contributed by atoms with Gasteiger partial charge in [-0.3, -0.25) is 4.79 Å². The fourth-order valence-electron chi connectivity index (χ4n) is 1.35. The Labute approximate surface area is 98.5 Å². The van der Waals surface area contributed by atoms with E-state index in [4.69, 9.17) is 4.74 Å². The zero-order valence-electron chi connectivity index (χ0n) is 9.22. The average Bonchev–Trinajstić information content (AvgIpc) is 2.36. The lowest BCUT2D eigenvalue weighted by Crippen LogP contribution is -2.14. The number of ether oxygens (including phenoxy) is 1. The van der Waals surface area contributed by atoms with Crippen molar-refractivity contribution in [3.8, 4) is 5.75 Å². The summed E-state index contributed by atoms with van der Waals surface area (Å²) in [5, 5.41) is 9.04. The first-order valence-corrected chi connectivity index (χ1v) is 5.31. The Bertz CT molecular complexity index is 510. The SMILES string of the molecule is O=c1cc(NCCOc2ccccc2)cn[nH]1. The molecule has 0 atom stereocenters. The highest BCUT2D eigenvalue weighted by Crippen LogP contribution is 2.07. The van der Waals surface area contributed by atoms with Crippen molar-refractivity contribution in [2.75, 3.05) is 18.5 Å². The van der Waals surface area contributed by atoms with Crippen LogP contribution in [0.1, 0.15) is 0 Å². The molecule has 0 aliphatic carbocycles. The standard InChI is InChI=1S/C12H13N3O2/c16-12-8-10(9-14-15-12)13-6-7-17-11-4-2-1-3-5-11/h1-5,8-9H,6-7H2,(H2,13,15,16). The summed E-state index contributed by atoms with van der Waals surface area (Å²) in [5.74, 6) is 0.832. The molecule has 0 unspecified atom stereocenters. The van der Waals surface area contributed by atoms with Crippen LogP contribution in [0.15, 0.2) is 47.4 Å². The number of nitrogens with one attached hydrogen (secondary N) is 2. The maximum atomic E-state index is 11.0. The van der Waals surface area contributed by atoms with Gasteiger partial charge in [0.2, 0.25) is 0 Å². The molecular weight excluding hydrogens is 218 g/mol. The fourth-order valence-corrected chi connectivity index (χ4v) is 1.35. The molecular formula is C12H13N3O2. The molecule has 0 fully saturated rings. The van der Waals surface area contributed by atoms with Crippen LogP contribution < -0.4 is 15.6 Å². The van der Waals surface area contributed by atoms with Gasteiger partial charge in [0.05, 0.1) is 11.9 Å². The van der Waals surface area contributed by atoms with Gasteiger partial charge in [0.25, 0.3) is 5.56 Å². The fraction of sp³-hybridized carbons (Fsp3) is 0.167. The molecule has 0 amide bonds. The Hall–Kier alpha value is -2.30. The molecule has 17 heavy (non-hydrogen) atoms. The van der Waals surface area contributed by atoms with Crippen LogP contribution in [0.25, 0.3) is 0 Å². The van der Waals surface area contributed by atoms with E-state index in [0.29, 0.717) is 18.8 Å². The van der Waals surface area contributed by atoms with E-state index in [0.717, 1.165) is 5.75 Å². The molecule has 0 radical (unpaired) electrons. The minimum Gasteiger partial charge on any atom is -0.492 e. The number of para-hydroxylation sites is 1. The number of H-pyrrole nitrogens is 1. The highest BCUT2D eigenvalue weighted by atomic mass is 16.5.